The van der Waals surface area contributed by atoms with Gasteiger partial charge >= 0.3 is 5.79 Å². The van der Waals surface area contributed by atoms with E-state index in [0.717, 1.165) is 19.6 Å². The lowest BCUT2D eigenvalue weighted by molar-refractivity contribution is -0.114. The third-order valence-corrected chi connectivity index (χ3v) is 10.8. The molecule has 1 amide bonds. The fourth-order valence-corrected chi connectivity index (χ4v) is 7.67. The Kier molecular flexibility index (Phi) is 10.8. The molecule has 1 spiro atoms. The molecule has 2 aromatic carbocycles. The summed E-state index contributed by atoms with van der Waals surface area (Å²) >= 11 is 0. The summed E-state index contributed by atoms with van der Waals surface area (Å²) in [6, 6.07) is 0. The van der Waals surface area contributed by atoms with Gasteiger partial charge in [-0.25, -0.2) is 4.99 Å². The normalized spacial score (nSPS) is 30.3. The summed E-state index contributed by atoms with van der Waals surface area (Å²) in [5.41, 5.74) is 0.0784. The quantitative estimate of drug-likeness (QED) is 0.246. The smallest absolute Gasteiger partial charge is 0.312 e. The van der Waals surface area contributed by atoms with Crippen molar-refractivity contribution < 1.29 is 44.6 Å². The predicted molar refractivity (Wildman–Crippen MR) is 198 cm³/mol. The number of anilines is 1. The highest BCUT2D eigenvalue weighted by molar-refractivity contribution is 6.21. The van der Waals surface area contributed by atoms with Crippen molar-refractivity contribution in [1.29, 1.82) is 0 Å². The highest BCUT2D eigenvalue weighted by Gasteiger charge is 2.50. The van der Waals surface area contributed by atoms with Crippen LogP contribution in [0.2, 0.25) is 0 Å². The number of aromatic hydroxyl groups is 2. The zero-order valence-corrected chi connectivity index (χ0v) is 31.3. The Morgan fingerprint density at radius 2 is 1.74 bits per heavy atom. The molecule has 1 fully saturated rings. The molecule has 13 heteroatoms. The van der Waals surface area contributed by atoms with Crippen molar-refractivity contribution in [3.8, 4) is 17.2 Å². The number of ether oxygens (including phenoxy) is 2. The van der Waals surface area contributed by atoms with Crippen LogP contribution in [0.4, 0.5) is 5.69 Å². The summed E-state index contributed by atoms with van der Waals surface area (Å²) < 4.78 is 12.1. The first kappa shape index (κ1) is 38.4. The standard InChI is InChI=1S/C40H52N4O9/c1-21(2)20-44-15-13-40(14-16-44)42-31-28-29-34(48)24(5)36-30(28)37(50)39(6,53-36)52-17-8-7-12-25(45)18-26(46)19-27(47)22(3)10-9-11-23(4)38(51)41-33(35(29)49)32(31)43-40/h8-11,17,21-22,25-27,42,45-49H,7,12-16,18-20H2,1-6H3/b10-9+,17-8+,23-11-,41-33?/t22?,25-,26?,27-,39?/m1/s1. The van der Waals surface area contributed by atoms with E-state index in [1.807, 2.05) is 0 Å². The highest BCUT2D eigenvalue weighted by atomic mass is 16.7. The highest BCUT2D eigenvalue weighted by Crippen LogP contribution is 2.51. The van der Waals surface area contributed by atoms with Crippen molar-refractivity contribution in [2.75, 3.05) is 25.0 Å². The number of ketones is 1. The van der Waals surface area contributed by atoms with E-state index in [-0.39, 0.29) is 68.4 Å². The Bertz CT molecular complexity index is 2010. The van der Waals surface area contributed by atoms with Gasteiger partial charge in [0.15, 0.2) is 5.75 Å². The van der Waals surface area contributed by atoms with Gasteiger partial charge in [-0.05, 0) is 51.5 Å². The molecule has 5 bridgehead atoms. The van der Waals surface area contributed by atoms with Crippen molar-refractivity contribution in [2.45, 2.75) is 110 Å². The average molecular weight is 733 g/mol. The number of fused-ring (bicyclic) bond motifs is 13. The number of phenols is 2. The second-order valence-electron chi connectivity index (χ2n) is 15.6. The van der Waals surface area contributed by atoms with Crippen LogP contribution in [0.1, 0.15) is 89.1 Å². The van der Waals surface area contributed by atoms with E-state index in [0.29, 0.717) is 37.3 Å². The molecule has 7 rings (SSSR count). The molecule has 0 radical (unpaired) electrons. The van der Waals surface area contributed by atoms with Gasteiger partial charge in [0.05, 0.1) is 41.2 Å². The first-order valence-electron chi connectivity index (χ1n) is 18.6. The molecule has 5 aliphatic heterocycles. The summed E-state index contributed by atoms with van der Waals surface area (Å²) in [6.07, 6.45) is 7.18. The van der Waals surface area contributed by atoms with Gasteiger partial charge < -0.3 is 45.2 Å². The largest absolute Gasteiger partial charge is 0.507 e. The number of aliphatic hydroxyl groups is 3. The number of allylic oxidation sites excluding steroid dienone is 3. The van der Waals surface area contributed by atoms with Crippen molar-refractivity contribution in [1.82, 2.24) is 4.90 Å². The van der Waals surface area contributed by atoms with E-state index in [2.05, 4.69) is 29.1 Å². The molecule has 6 N–H and O–H groups in total. The molecule has 5 heterocycles. The van der Waals surface area contributed by atoms with Gasteiger partial charge in [-0.3, -0.25) is 14.6 Å². The van der Waals surface area contributed by atoms with E-state index in [1.54, 1.807) is 45.1 Å². The maximum Gasteiger partial charge on any atom is 0.312 e. The second-order valence-corrected chi connectivity index (χ2v) is 15.6. The van der Waals surface area contributed by atoms with Crippen molar-refractivity contribution in [3.05, 3.63) is 58.0 Å². The Morgan fingerprint density at radius 1 is 1.02 bits per heavy atom. The summed E-state index contributed by atoms with van der Waals surface area (Å²) in [7, 11) is 0. The molecular formula is C40H52N4O9. The maximum atomic E-state index is 14.4. The minimum atomic E-state index is -1.83. The molecule has 2 aromatic rings. The van der Waals surface area contributed by atoms with Crippen LogP contribution in [0.3, 0.4) is 0 Å². The van der Waals surface area contributed by atoms with Gasteiger partial charge in [0, 0.05) is 61.8 Å². The third-order valence-electron chi connectivity index (χ3n) is 10.8. The molecule has 286 valence electrons. The van der Waals surface area contributed by atoms with Gasteiger partial charge in [-0.1, -0.05) is 39.0 Å². The van der Waals surface area contributed by atoms with Crippen LogP contribution < -0.4 is 20.8 Å². The summed E-state index contributed by atoms with van der Waals surface area (Å²) in [6.45, 7) is 13.2. The lowest BCUT2D eigenvalue weighted by Gasteiger charge is -2.38. The number of aliphatic hydroxyl groups excluding tert-OH is 3. The number of hydrogen-bond donors (Lipinski definition) is 6. The van der Waals surface area contributed by atoms with Gasteiger partial charge in [-0.2, -0.15) is 0 Å². The molecule has 53 heavy (non-hydrogen) atoms. The molecule has 5 aliphatic rings. The lowest BCUT2D eigenvalue weighted by Crippen LogP contribution is -2.47. The number of nitrogens with zero attached hydrogens (tertiary/aromatic N) is 3. The van der Waals surface area contributed by atoms with Crippen LogP contribution in [-0.2, 0) is 9.53 Å². The summed E-state index contributed by atoms with van der Waals surface area (Å²) in [5.74, 6) is -3.65. The Morgan fingerprint density at radius 3 is 2.43 bits per heavy atom. The van der Waals surface area contributed by atoms with Gasteiger partial charge in [-0.15, -0.1) is 0 Å². The van der Waals surface area contributed by atoms with Gasteiger partial charge in [0.25, 0.3) is 11.7 Å². The Labute approximate surface area is 309 Å². The molecular weight excluding hydrogens is 680 g/mol. The van der Waals surface area contributed by atoms with Crippen molar-refractivity contribution >= 4 is 28.2 Å². The maximum absolute atomic E-state index is 14.4. The zero-order valence-electron chi connectivity index (χ0n) is 31.3. The topological polar surface area (TPSA) is 194 Å². The number of carbonyl (C=O) groups excluding carboxylic acids is 2. The number of Topliss-reactive ketones (excluding diaryl/α,β-unsaturated/α-hetero) is 1. The number of benzene rings is 2. The van der Waals surface area contributed by atoms with E-state index in [4.69, 9.17) is 14.5 Å². The van der Waals surface area contributed by atoms with Crippen molar-refractivity contribution in [2.24, 2.45) is 21.8 Å². The minimum Gasteiger partial charge on any atom is -0.507 e. The SMILES string of the molecule is C/C1=C/C=C/C(C)[C@H](O)CC(O)C[C@H](O)CC/C=C/OC2(C)Oc3c(C)c(O)c4c(O)c(c5c(c4c3C2=O)NC2(CCN(CC(C)C)CC2)N=5)=NC1=O. The zero-order chi connectivity index (χ0) is 38.4. The molecule has 5 atom stereocenters. The first-order valence-corrected chi connectivity index (χ1v) is 18.6. The number of nitrogens with one attached hydrogen (secondary N) is 1. The van der Waals surface area contributed by atoms with Gasteiger partial charge in [0.2, 0.25) is 0 Å². The molecule has 0 aromatic heterocycles. The third kappa shape index (κ3) is 7.44. The fraction of sp³-hybridized carbons (Fsp3) is 0.550. The minimum absolute atomic E-state index is 0.0474. The number of carbonyl (C=O) groups is 2. The number of piperidine rings is 1. The molecule has 0 aliphatic carbocycles. The molecule has 1 saturated heterocycles. The monoisotopic (exact) mass is 732 g/mol. The van der Waals surface area contributed by atoms with Crippen molar-refractivity contribution in [3.63, 3.8) is 0 Å². The van der Waals surface area contributed by atoms with Crippen LogP contribution in [0.25, 0.3) is 10.8 Å². The summed E-state index contributed by atoms with van der Waals surface area (Å²) in [5, 5.41) is 59.1. The number of amides is 1. The number of hydrogen-bond acceptors (Lipinski definition) is 12. The predicted octanol–water partition coefficient (Wildman–Crippen LogP) is 3.82. The Balaban J connectivity index is 1.53. The van der Waals surface area contributed by atoms with E-state index in [9.17, 15) is 35.1 Å². The van der Waals surface area contributed by atoms with Gasteiger partial charge in [0.1, 0.15) is 27.9 Å². The van der Waals surface area contributed by atoms with Crippen LogP contribution in [0.15, 0.2) is 46.1 Å². The molecule has 13 nitrogen and oxygen atoms in total. The average Bonchev–Trinajstić information content (AvgIpc) is 3.59. The van der Waals surface area contributed by atoms with E-state index >= 15 is 0 Å². The Hall–Kier alpha value is -4.30. The molecule has 0 saturated carbocycles. The van der Waals surface area contributed by atoms with Crippen LogP contribution in [0, 0.1) is 18.8 Å². The van der Waals surface area contributed by atoms with E-state index < -0.39 is 47.2 Å². The lowest BCUT2D eigenvalue weighted by atomic mass is 9.92. The molecule has 3 unspecified atom stereocenters. The number of rotatable bonds is 2. The summed E-state index contributed by atoms with van der Waals surface area (Å²) in [4.78, 5) is 39.8. The van der Waals surface area contributed by atoms with Crippen LogP contribution in [0.5, 0.6) is 17.2 Å². The second kappa shape index (κ2) is 14.8. The van der Waals surface area contributed by atoms with Crippen LogP contribution in [-0.4, -0.2) is 91.5 Å². The first-order chi connectivity index (χ1) is 25.0. The van der Waals surface area contributed by atoms with E-state index in [1.165, 1.54) is 13.2 Å². The number of likely N-dealkylation sites (tertiary alicyclic amines) is 1. The fourth-order valence-electron chi connectivity index (χ4n) is 7.67. The van der Waals surface area contributed by atoms with Crippen LogP contribution >= 0.6 is 0 Å². The number of phenolic OH excluding ortho intramolecular Hbond substituents is 2.